The minimum absolute atomic E-state index is 0.686. The van der Waals surface area contributed by atoms with Gasteiger partial charge in [-0.3, -0.25) is 0 Å². The lowest BCUT2D eigenvalue weighted by Gasteiger charge is -1.98. The standard InChI is InChI=1S/C11H11ClN2/c1-14-10-5-4-8(12)6-9(10)13-11(14)7-2-3-7/h4-7H,2-3H2,1H3. The van der Waals surface area contributed by atoms with E-state index in [1.165, 1.54) is 24.2 Å². The summed E-state index contributed by atoms with van der Waals surface area (Å²) in [6, 6.07) is 5.89. The lowest BCUT2D eigenvalue weighted by molar-refractivity contribution is 0.820. The van der Waals surface area contributed by atoms with Crippen LogP contribution in [-0.4, -0.2) is 9.55 Å². The van der Waals surface area contributed by atoms with E-state index >= 15 is 0 Å². The van der Waals surface area contributed by atoms with Gasteiger partial charge in [0.15, 0.2) is 0 Å². The fraction of sp³-hybridized carbons (Fsp3) is 0.364. The molecule has 0 amide bonds. The largest absolute Gasteiger partial charge is 0.331 e. The highest BCUT2D eigenvalue weighted by molar-refractivity contribution is 6.31. The van der Waals surface area contributed by atoms with Gasteiger partial charge in [-0.25, -0.2) is 4.98 Å². The molecular weight excluding hydrogens is 196 g/mol. The van der Waals surface area contributed by atoms with E-state index in [2.05, 4.69) is 16.6 Å². The average molecular weight is 207 g/mol. The molecule has 1 aliphatic carbocycles. The lowest BCUT2D eigenvalue weighted by Crippen LogP contribution is -1.94. The van der Waals surface area contributed by atoms with Crippen LogP contribution < -0.4 is 0 Å². The summed E-state index contributed by atoms with van der Waals surface area (Å²) in [6.45, 7) is 0. The van der Waals surface area contributed by atoms with Crippen LogP contribution in [0.2, 0.25) is 5.02 Å². The van der Waals surface area contributed by atoms with Gasteiger partial charge in [0.1, 0.15) is 5.82 Å². The van der Waals surface area contributed by atoms with Crippen molar-refractivity contribution in [3.8, 4) is 0 Å². The van der Waals surface area contributed by atoms with Crippen molar-refractivity contribution in [3.05, 3.63) is 29.0 Å². The van der Waals surface area contributed by atoms with Crippen LogP contribution in [0.4, 0.5) is 0 Å². The topological polar surface area (TPSA) is 17.8 Å². The quantitative estimate of drug-likeness (QED) is 0.701. The van der Waals surface area contributed by atoms with Crippen LogP contribution in [0.1, 0.15) is 24.6 Å². The average Bonchev–Trinajstić information content (AvgIpc) is 2.93. The summed E-state index contributed by atoms with van der Waals surface area (Å²) in [6.07, 6.45) is 2.57. The molecule has 1 saturated carbocycles. The highest BCUT2D eigenvalue weighted by Gasteiger charge is 2.28. The minimum Gasteiger partial charge on any atom is -0.331 e. The molecule has 3 rings (SSSR count). The van der Waals surface area contributed by atoms with E-state index in [1.54, 1.807) is 0 Å². The summed E-state index contributed by atoms with van der Waals surface area (Å²) in [7, 11) is 2.08. The Kier molecular flexibility index (Phi) is 1.62. The number of benzene rings is 1. The van der Waals surface area contributed by atoms with Crippen molar-refractivity contribution < 1.29 is 0 Å². The second kappa shape index (κ2) is 2.74. The lowest BCUT2D eigenvalue weighted by atomic mass is 10.3. The third-order valence-corrected chi connectivity index (χ3v) is 3.06. The zero-order chi connectivity index (χ0) is 9.71. The number of hydrogen-bond donors (Lipinski definition) is 0. The molecule has 1 aliphatic rings. The molecule has 0 unspecified atom stereocenters. The first-order valence-corrected chi connectivity index (χ1v) is 5.25. The molecule has 0 radical (unpaired) electrons. The Morgan fingerprint density at radius 3 is 2.93 bits per heavy atom. The first-order valence-electron chi connectivity index (χ1n) is 4.87. The summed E-state index contributed by atoms with van der Waals surface area (Å²) >= 11 is 5.93. The van der Waals surface area contributed by atoms with Crippen LogP contribution >= 0.6 is 11.6 Å². The van der Waals surface area contributed by atoms with E-state index in [1.807, 2.05) is 18.2 Å². The van der Waals surface area contributed by atoms with Gasteiger partial charge in [0.05, 0.1) is 11.0 Å². The van der Waals surface area contributed by atoms with E-state index in [9.17, 15) is 0 Å². The van der Waals surface area contributed by atoms with Crippen molar-refractivity contribution in [3.63, 3.8) is 0 Å². The van der Waals surface area contributed by atoms with Gasteiger partial charge in [-0.05, 0) is 31.0 Å². The SMILES string of the molecule is Cn1c(C2CC2)nc2cc(Cl)ccc21. The molecule has 0 atom stereocenters. The fourth-order valence-electron chi connectivity index (χ4n) is 1.90. The summed E-state index contributed by atoms with van der Waals surface area (Å²) in [5.41, 5.74) is 2.19. The normalized spacial score (nSPS) is 16.4. The number of halogens is 1. The number of fused-ring (bicyclic) bond motifs is 1. The number of nitrogens with zero attached hydrogens (tertiary/aromatic N) is 2. The zero-order valence-electron chi connectivity index (χ0n) is 8.00. The van der Waals surface area contributed by atoms with Gasteiger partial charge in [-0.2, -0.15) is 0 Å². The third kappa shape index (κ3) is 1.14. The molecule has 0 bridgehead atoms. The Hall–Kier alpha value is -1.02. The Balaban J connectivity index is 2.28. The van der Waals surface area contributed by atoms with Crippen molar-refractivity contribution in [1.82, 2.24) is 9.55 Å². The second-order valence-corrected chi connectivity index (χ2v) is 4.37. The van der Waals surface area contributed by atoms with E-state index in [-0.39, 0.29) is 0 Å². The van der Waals surface area contributed by atoms with Gasteiger partial charge in [-0.15, -0.1) is 0 Å². The van der Waals surface area contributed by atoms with E-state index in [0.29, 0.717) is 5.92 Å². The van der Waals surface area contributed by atoms with Crippen molar-refractivity contribution >= 4 is 22.6 Å². The summed E-state index contributed by atoms with van der Waals surface area (Å²) < 4.78 is 2.18. The molecule has 0 saturated heterocycles. The first kappa shape index (κ1) is 8.30. The molecule has 2 aromatic rings. The second-order valence-electron chi connectivity index (χ2n) is 3.94. The van der Waals surface area contributed by atoms with E-state index in [4.69, 9.17) is 11.6 Å². The Morgan fingerprint density at radius 1 is 1.43 bits per heavy atom. The number of hydrogen-bond acceptors (Lipinski definition) is 1. The van der Waals surface area contributed by atoms with Gasteiger partial charge in [-0.1, -0.05) is 11.6 Å². The van der Waals surface area contributed by atoms with Crippen LogP contribution in [0.25, 0.3) is 11.0 Å². The number of imidazole rings is 1. The summed E-state index contributed by atoms with van der Waals surface area (Å²) in [5, 5.41) is 0.762. The molecule has 1 fully saturated rings. The maximum atomic E-state index is 5.93. The third-order valence-electron chi connectivity index (χ3n) is 2.82. The van der Waals surface area contributed by atoms with Crippen molar-refractivity contribution in [2.24, 2.45) is 7.05 Å². The first-order chi connectivity index (χ1) is 6.75. The summed E-state index contributed by atoms with van der Waals surface area (Å²) in [5.74, 6) is 1.90. The summed E-state index contributed by atoms with van der Waals surface area (Å²) in [4.78, 5) is 4.61. The molecule has 1 aromatic carbocycles. The number of rotatable bonds is 1. The van der Waals surface area contributed by atoms with E-state index in [0.717, 1.165) is 10.5 Å². The zero-order valence-corrected chi connectivity index (χ0v) is 8.75. The van der Waals surface area contributed by atoms with Crippen LogP contribution in [0, 0.1) is 0 Å². The number of aromatic nitrogens is 2. The predicted molar refractivity (Wildman–Crippen MR) is 57.7 cm³/mol. The van der Waals surface area contributed by atoms with Crippen LogP contribution in [0.5, 0.6) is 0 Å². The van der Waals surface area contributed by atoms with Crippen molar-refractivity contribution in [2.75, 3.05) is 0 Å². The number of aryl methyl sites for hydroxylation is 1. The maximum absolute atomic E-state index is 5.93. The van der Waals surface area contributed by atoms with Gasteiger partial charge in [0.25, 0.3) is 0 Å². The van der Waals surface area contributed by atoms with Gasteiger partial charge < -0.3 is 4.57 Å². The molecule has 14 heavy (non-hydrogen) atoms. The van der Waals surface area contributed by atoms with Gasteiger partial charge in [0, 0.05) is 18.0 Å². The van der Waals surface area contributed by atoms with Crippen molar-refractivity contribution in [2.45, 2.75) is 18.8 Å². The van der Waals surface area contributed by atoms with Crippen LogP contribution in [0.3, 0.4) is 0 Å². The van der Waals surface area contributed by atoms with E-state index < -0.39 is 0 Å². The highest BCUT2D eigenvalue weighted by atomic mass is 35.5. The van der Waals surface area contributed by atoms with Crippen LogP contribution in [-0.2, 0) is 7.05 Å². The molecule has 0 N–H and O–H groups in total. The molecular formula is C11H11ClN2. The smallest absolute Gasteiger partial charge is 0.112 e. The van der Waals surface area contributed by atoms with Gasteiger partial charge >= 0.3 is 0 Å². The molecule has 1 aromatic heterocycles. The molecule has 72 valence electrons. The fourth-order valence-corrected chi connectivity index (χ4v) is 2.06. The van der Waals surface area contributed by atoms with Crippen LogP contribution in [0.15, 0.2) is 18.2 Å². The Morgan fingerprint density at radius 2 is 2.21 bits per heavy atom. The van der Waals surface area contributed by atoms with Crippen molar-refractivity contribution in [1.29, 1.82) is 0 Å². The molecule has 0 spiro atoms. The predicted octanol–water partition coefficient (Wildman–Crippen LogP) is 3.10. The molecule has 0 aliphatic heterocycles. The molecule has 1 heterocycles. The van der Waals surface area contributed by atoms with Gasteiger partial charge in [0.2, 0.25) is 0 Å². The molecule has 3 heteroatoms. The Labute approximate surface area is 87.5 Å². The minimum atomic E-state index is 0.686. The monoisotopic (exact) mass is 206 g/mol. The Bertz CT molecular complexity index is 497. The molecule has 2 nitrogen and oxygen atoms in total. The maximum Gasteiger partial charge on any atom is 0.112 e. The highest BCUT2D eigenvalue weighted by Crippen LogP contribution is 2.40.